The molecule has 0 fully saturated rings. The van der Waals surface area contributed by atoms with Gasteiger partial charge in [-0.25, -0.2) is 0 Å². The molecule has 3 nitrogen and oxygen atoms in total. The summed E-state index contributed by atoms with van der Waals surface area (Å²) >= 11 is 0. The van der Waals surface area contributed by atoms with E-state index in [1.807, 2.05) is 20.0 Å². The predicted octanol–water partition coefficient (Wildman–Crippen LogP) is 4.03. The van der Waals surface area contributed by atoms with Gasteiger partial charge in [0.25, 0.3) is 0 Å². The summed E-state index contributed by atoms with van der Waals surface area (Å²) in [5.41, 5.74) is 3.57. The Hall–Kier alpha value is -1.87. The van der Waals surface area contributed by atoms with Crippen LogP contribution in [-0.4, -0.2) is 17.1 Å². The number of rotatable bonds is 6. The van der Waals surface area contributed by atoms with E-state index in [0.29, 0.717) is 6.04 Å². The summed E-state index contributed by atoms with van der Waals surface area (Å²) in [6.45, 7) is 9.20. The molecule has 1 aromatic carbocycles. The number of benzene rings is 1. The van der Waals surface area contributed by atoms with Crippen LogP contribution in [0.5, 0.6) is 5.75 Å². The number of hydrogen-bond acceptors (Lipinski definition) is 3. The quantitative estimate of drug-likeness (QED) is 0.869. The number of hydrogen-bond donors (Lipinski definition) is 1. The molecule has 2 rings (SSSR count). The molecule has 0 amide bonds. The third kappa shape index (κ3) is 4.57. The van der Waals surface area contributed by atoms with Gasteiger partial charge in [0.1, 0.15) is 5.75 Å². The summed E-state index contributed by atoms with van der Waals surface area (Å²) in [5, 5.41) is 3.47. The second-order valence-corrected chi connectivity index (χ2v) is 5.77. The van der Waals surface area contributed by atoms with Crippen LogP contribution in [0, 0.1) is 0 Å². The van der Waals surface area contributed by atoms with E-state index in [9.17, 15) is 0 Å². The molecule has 1 aromatic heterocycles. The molecule has 0 unspecified atom stereocenters. The maximum absolute atomic E-state index is 5.74. The molecule has 0 aliphatic heterocycles. The molecule has 0 bridgehead atoms. The summed E-state index contributed by atoms with van der Waals surface area (Å²) in [6, 6.07) is 10.9. The lowest BCUT2D eigenvalue weighted by atomic mass is 10.0. The van der Waals surface area contributed by atoms with Crippen molar-refractivity contribution >= 4 is 0 Å². The normalized spacial score (nSPS) is 11.1. The second-order valence-electron chi connectivity index (χ2n) is 5.77. The smallest absolute Gasteiger partial charge is 0.138 e. The first-order valence-corrected chi connectivity index (χ1v) is 7.49. The lowest BCUT2D eigenvalue weighted by Crippen LogP contribution is -2.22. The first-order chi connectivity index (χ1) is 10.1. The van der Waals surface area contributed by atoms with Gasteiger partial charge < -0.3 is 10.1 Å². The lowest BCUT2D eigenvalue weighted by molar-refractivity contribution is 0.241. The number of nitrogens with zero attached hydrogens (tertiary/aromatic N) is 1. The van der Waals surface area contributed by atoms with Crippen molar-refractivity contribution in [3.63, 3.8) is 0 Å². The first-order valence-electron chi connectivity index (χ1n) is 7.49. The van der Waals surface area contributed by atoms with Crippen LogP contribution in [0.2, 0.25) is 0 Å². The number of aromatic nitrogens is 1. The summed E-state index contributed by atoms with van der Waals surface area (Å²) in [4.78, 5) is 4.31. The van der Waals surface area contributed by atoms with Crippen LogP contribution in [0.1, 0.15) is 33.3 Å². The number of pyridine rings is 1. The Kier molecular flexibility index (Phi) is 5.34. The SMILES string of the molecule is CC(C)NCc1ccccc1-c1cncc(OC(C)C)c1. The van der Waals surface area contributed by atoms with Gasteiger partial charge in [-0.1, -0.05) is 38.1 Å². The molecule has 0 aliphatic rings. The van der Waals surface area contributed by atoms with E-state index in [2.05, 4.69) is 54.5 Å². The maximum Gasteiger partial charge on any atom is 0.138 e. The van der Waals surface area contributed by atoms with Crippen LogP contribution in [0.15, 0.2) is 42.7 Å². The van der Waals surface area contributed by atoms with Gasteiger partial charge in [-0.3, -0.25) is 4.98 Å². The average Bonchev–Trinajstić information content (AvgIpc) is 2.45. The Balaban J connectivity index is 2.28. The molecule has 112 valence electrons. The Morgan fingerprint density at radius 1 is 1.10 bits per heavy atom. The summed E-state index contributed by atoms with van der Waals surface area (Å²) in [6.07, 6.45) is 3.81. The van der Waals surface area contributed by atoms with Gasteiger partial charge in [0.15, 0.2) is 0 Å². The molecule has 0 saturated carbocycles. The molecule has 1 heterocycles. The van der Waals surface area contributed by atoms with Gasteiger partial charge >= 0.3 is 0 Å². The molecule has 0 radical (unpaired) electrons. The molecular formula is C18H24N2O. The van der Waals surface area contributed by atoms with E-state index >= 15 is 0 Å². The van der Waals surface area contributed by atoms with Crippen LogP contribution in [-0.2, 0) is 6.54 Å². The Labute approximate surface area is 127 Å². The maximum atomic E-state index is 5.74. The molecule has 0 aliphatic carbocycles. The zero-order valence-corrected chi connectivity index (χ0v) is 13.3. The average molecular weight is 284 g/mol. The third-order valence-electron chi connectivity index (χ3n) is 3.11. The predicted molar refractivity (Wildman–Crippen MR) is 87.4 cm³/mol. The van der Waals surface area contributed by atoms with Crippen LogP contribution in [0.3, 0.4) is 0 Å². The van der Waals surface area contributed by atoms with Crippen LogP contribution in [0.4, 0.5) is 0 Å². The fourth-order valence-corrected chi connectivity index (χ4v) is 2.17. The molecule has 21 heavy (non-hydrogen) atoms. The van der Waals surface area contributed by atoms with Crippen molar-refractivity contribution in [3.8, 4) is 16.9 Å². The van der Waals surface area contributed by atoms with Crippen molar-refractivity contribution in [2.75, 3.05) is 0 Å². The minimum absolute atomic E-state index is 0.153. The topological polar surface area (TPSA) is 34.2 Å². The Morgan fingerprint density at radius 3 is 2.57 bits per heavy atom. The van der Waals surface area contributed by atoms with Crippen molar-refractivity contribution in [1.29, 1.82) is 0 Å². The van der Waals surface area contributed by atoms with E-state index in [1.165, 1.54) is 11.1 Å². The fraction of sp³-hybridized carbons (Fsp3) is 0.389. The second kappa shape index (κ2) is 7.23. The third-order valence-corrected chi connectivity index (χ3v) is 3.11. The van der Waals surface area contributed by atoms with Gasteiger partial charge in [-0.05, 0) is 31.0 Å². The summed E-state index contributed by atoms with van der Waals surface area (Å²) in [5.74, 6) is 0.814. The highest BCUT2D eigenvalue weighted by Crippen LogP contribution is 2.26. The van der Waals surface area contributed by atoms with E-state index in [4.69, 9.17) is 4.74 Å². The van der Waals surface area contributed by atoms with Crippen LogP contribution in [0.25, 0.3) is 11.1 Å². The Morgan fingerprint density at radius 2 is 1.86 bits per heavy atom. The highest BCUT2D eigenvalue weighted by molar-refractivity contribution is 5.67. The molecule has 0 atom stereocenters. The minimum atomic E-state index is 0.153. The molecule has 1 N–H and O–H groups in total. The van der Waals surface area contributed by atoms with Gasteiger partial charge in [0, 0.05) is 24.3 Å². The monoisotopic (exact) mass is 284 g/mol. The highest BCUT2D eigenvalue weighted by atomic mass is 16.5. The highest BCUT2D eigenvalue weighted by Gasteiger charge is 2.07. The van der Waals surface area contributed by atoms with Gasteiger partial charge in [-0.15, -0.1) is 0 Å². The summed E-state index contributed by atoms with van der Waals surface area (Å²) < 4.78 is 5.74. The van der Waals surface area contributed by atoms with E-state index in [-0.39, 0.29) is 6.10 Å². The molecule has 0 spiro atoms. The molecular weight excluding hydrogens is 260 g/mol. The lowest BCUT2D eigenvalue weighted by Gasteiger charge is -2.14. The van der Waals surface area contributed by atoms with Crippen molar-refractivity contribution in [2.24, 2.45) is 0 Å². The summed E-state index contributed by atoms with van der Waals surface area (Å²) in [7, 11) is 0. The zero-order chi connectivity index (χ0) is 15.2. The van der Waals surface area contributed by atoms with Crippen molar-refractivity contribution in [3.05, 3.63) is 48.3 Å². The van der Waals surface area contributed by atoms with Crippen molar-refractivity contribution < 1.29 is 4.74 Å². The molecule has 3 heteroatoms. The largest absolute Gasteiger partial charge is 0.489 e. The van der Waals surface area contributed by atoms with Crippen LogP contribution >= 0.6 is 0 Å². The van der Waals surface area contributed by atoms with Crippen molar-refractivity contribution in [2.45, 2.75) is 46.4 Å². The van der Waals surface area contributed by atoms with Gasteiger partial charge in [0.2, 0.25) is 0 Å². The van der Waals surface area contributed by atoms with Gasteiger partial charge in [0.05, 0.1) is 12.3 Å². The standard InChI is InChI=1S/C18H24N2O/c1-13(2)20-11-15-7-5-6-8-18(15)16-9-17(12-19-10-16)21-14(3)4/h5-10,12-14,20H,11H2,1-4H3. The fourth-order valence-electron chi connectivity index (χ4n) is 2.17. The van der Waals surface area contributed by atoms with E-state index in [0.717, 1.165) is 17.9 Å². The molecule has 0 saturated heterocycles. The van der Waals surface area contributed by atoms with Crippen molar-refractivity contribution in [1.82, 2.24) is 10.3 Å². The number of ether oxygens (including phenoxy) is 1. The Bertz CT molecular complexity index is 579. The number of nitrogens with one attached hydrogen (secondary N) is 1. The van der Waals surface area contributed by atoms with Crippen LogP contribution < -0.4 is 10.1 Å². The van der Waals surface area contributed by atoms with E-state index in [1.54, 1.807) is 6.20 Å². The van der Waals surface area contributed by atoms with Gasteiger partial charge in [-0.2, -0.15) is 0 Å². The zero-order valence-electron chi connectivity index (χ0n) is 13.3. The molecule has 2 aromatic rings. The van der Waals surface area contributed by atoms with E-state index < -0.39 is 0 Å². The minimum Gasteiger partial charge on any atom is -0.489 e. The first kappa shape index (κ1) is 15.5.